The maximum Gasteiger partial charge on any atom is 0.167 e. The van der Waals surface area contributed by atoms with E-state index in [1.807, 2.05) is 42.5 Å². The molecule has 3 aromatic rings. The summed E-state index contributed by atoms with van der Waals surface area (Å²) in [6.07, 6.45) is 0.970. The van der Waals surface area contributed by atoms with Crippen molar-refractivity contribution in [1.29, 1.82) is 0 Å². The van der Waals surface area contributed by atoms with Gasteiger partial charge in [0.2, 0.25) is 0 Å². The van der Waals surface area contributed by atoms with Crippen molar-refractivity contribution in [2.24, 2.45) is 0 Å². The Morgan fingerprint density at radius 1 is 0.964 bits per heavy atom. The minimum atomic E-state index is 0.378. The molecule has 3 rings (SSSR count). The van der Waals surface area contributed by atoms with E-state index in [1.54, 1.807) is 7.11 Å². The van der Waals surface area contributed by atoms with Gasteiger partial charge in [0.05, 0.1) is 7.11 Å². The Labute approximate surface area is 179 Å². The SMILES string of the molecule is COc1ccc(Br)c(CNCCc2ccccc2)c1OCc1ccccc1Cl. The van der Waals surface area contributed by atoms with Crippen LogP contribution in [-0.4, -0.2) is 13.7 Å². The topological polar surface area (TPSA) is 30.5 Å². The van der Waals surface area contributed by atoms with Crippen molar-refractivity contribution in [2.45, 2.75) is 19.6 Å². The summed E-state index contributed by atoms with van der Waals surface area (Å²) in [6, 6.07) is 22.0. The molecule has 0 fully saturated rings. The molecular weight excluding hydrogens is 438 g/mol. The molecule has 0 aliphatic carbocycles. The van der Waals surface area contributed by atoms with Crippen LogP contribution < -0.4 is 14.8 Å². The average molecular weight is 461 g/mol. The van der Waals surface area contributed by atoms with Crippen LogP contribution in [0.4, 0.5) is 0 Å². The van der Waals surface area contributed by atoms with Gasteiger partial charge in [-0.25, -0.2) is 0 Å². The van der Waals surface area contributed by atoms with Gasteiger partial charge in [0.1, 0.15) is 6.61 Å². The van der Waals surface area contributed by atoms with Crippen LogP contribution in [0, 0.1) is 0 Å². The van der Waals surface area contributed by atoms with Gasteiger partial charge in [0.15, 0.2) is 11.5 Å². The number of halogens is 2. The largest absolute Gasteiger partial charge is 0.493 e. The van der Waals surface area contributed by atoms with Crippen molar-refractivity contribution >= 4 is 27.5 Å². The first kappa shape index (κ1) is 20.7. The van der Waals surface area contributed by atoms with Crippen molar-refractivity contribution in [3.63, 3.8) is 0 Å². The van der Waals surface area contributed by atoms with Gasteiger partial charge in [0, 0.05) is 27.2 Å². The van der Waals surface area contributed by atoms with Crippen molar-refractivity contribution in [1.82, 2.24) is 5.32 Å². The summed E-state index contributed by atoms with van der Waals surface area (Å²) in [5, 5.41) is 4.19. The molecule has 0 saturated heterocycles. The first-order valence-corrected chi connectivity index (χ1v) is 10.3. The molecule has 0 saturated carbocycles. The minimum absolute atomic E-state index is 0.378. The van der Waals surface area contributed by atoms with Crippen LogP contribution in [0.5, 0.6) is 11.5 Å². The van der Waals surface area contributed by atoms with E-state index in [-0.39, 0.29) is 0 Å². The highest BCUT2D eigenvalue weighted by Gasteiger charge is 2.15. The zero-order valence-electron chi connectivity index (χ0n) is 15.8. The molecule has 0 aliphatic rings. The van der Waals surface area contributed by atoms with Gasteiger partial charge in [-0.05, 0) is 36.7 Å². The smallest absolute Gasteiger partial charge is 0.167 e. The maximum absolute atomic E-state index is 6.26. The maximum atomic E-state index is 6.26. The van der Waals surface area contributed by atoms with Crippen LogP contribution in [0.15, 0.2) is 71.2 Å². The Bertz CT molecular complexity index is 902. The molecule has 146 valence electrons. The van der Waals surface area contributed by atoms with Gasteiger partial charge in [0.25, 0.3) is 0 Å². The van der Waals surface area contributed by atoms with Crippen LogP contribution in [0.3, 0.4) is 0 Å². The van der Waals surface area contributed by atoms with Gasteiger partial charge in [-0.15, -0.1) is 0 Å². The fraction of sp³-hybridized carbons (Fsp3) is 0.217. The van der Waals surface area contributed by atoms with E-state index in [0.717, 1.165) is 34.3 Å². The Hall–Kier alpha value is -2.01. The first-order valence-electron chi connectivity index (χ1n) is 9.15. The molecule has 0 atom stereocenters. The molecule has 3 aromatic carbocycles. The lowest BCUT2D eigenvalue weighted by Gasteiger charge is -2.17. The number of ether oxygens (including phenoxy) is 2. The predicted octanol–water partition coefficient (Wildman–Crippen LogP) is 6.02. The molecule has 0 spiro atoms. The lowest BCUT2D eigenvalue weighted by molar-refractivity contribution is 0.280. The van der Waals surface area contributed by atoms with Gasteiger partial charge in [-0.1, -0.05) is 76.1 Å². The van der Waals surface area contributed by atoms with E-state index >= 15 is 0 Å². The van der Waals surface area contributed by atoms with Crippen molar-refractivity contribution in [2.75, 3.05) is 13.7 Å². The summed E-state index contributed by atoms with van der Waals surface area (Å²) in [5.74, 6) is 1.43. The standard InChI is InChI=1S/C23H23BrClNO2/c1-27-22-12-11-20(24)19(15-26-14-13-17-7-3-2-4-8-17)23(22)28-16-18-9-5-6-10-21(18)25/h2-12,26H,13-16H2,1H3. The predicted molar refractivity (Wildman–Crippen MR) is 118 cm³/mol. The normalized spacial score (nSPS) is 10.7. The third kappa shape index (κ3) is 5.51. The number of rotatable bonds is 9. The Balaban J connectivity index is 1.69. The molecule has 0 heterocycles. The Kier molecular flexibility index (Phi) is 7.78. The lowest BCUT2D eigenvalue weighted by Crippen LogP contribution is -2.18. The van der Waals surface area contributed by atoms with Crippen molar-refractivity contribution in [3.05, 3.63) is 92.9 Å². The van der Waals surface area contributed by atoms with E-state index in [2.05, 4.69) is 45.5 Å². The molecule has 1 N–H and O–H groups in total. The van der Waals surface area contributed by atoms with Crippen LogP contribution in [0.1, 0.15) is 16.7 Å². The molecule has 5 heteroatoms. The third-order valence-electron chi connectivity index (χ3n) is 4.45. The lowest BCUT2D eigenvalue weighted by atomic mass is 10.1. The molecule has 0 amide bonds. The molecule has 0 aliphatic heterocycles. The highest BCUT2D eigenvalue weighted by molar-refractivity contribution is 9.10. The van der Waals surface area contributed by atoms with Crippen molar-refractivity contribution < 1.29 is 9.47 Å². The summed E-state index contributed by atoms with van der Waals surface area (Å²) >= 11 is 9.91. The third-order valence-corrected chi connectivity index (χ3v) is 5.56. The second-order valence-electron chi connectivity index (χ2n) is 6.35. The number of methoxy groups -OCH3 is 1. The summed E-state index contributed by atoms with van der Waals surface area (Å²) in [5.41, 5.74) is 3.28. The highest BCUT2D eigenvalue weighted by atomic mass is 79.9. The van der Waals surface area contributed by atoms with E-state index < -0.39 is 0 Å². The number of benzene rings is 3. The summed E-state index contributed by atoms with van der Waals surface area (Å²) in [6.45, 7) is 1.92. The van der Waals surface area contributed by atoms with Gasteiger partial charge in [-0.3, -0.25) is 0 Å². The quantitative estimate of drug-likeness (QED) is 0.396. The molecule has 0 aromatic heterocycles. The molecule has 3 nitrogen and oxygen atoms in total. The average Bonchev–Trinajstić information content (AvgIpc) is 2.72. The zero-order chi connectivity index (χ0) is 19.8. The van der Waals surface area contributed by atoms with Gasteiger partial charge >= 0.3 is 0 Å². The van der Waals surface area contributed by atoms with Gasteiger partial charge in [-0.2, -0.15) is 0 Å². The van der Waals surface area contributed by atoms with Crippen molar-refractivity contribution in [3.8, 4) is 11.5 Å². The molecule has 0 unspecified atom stereocenters. The van der Waals surface area contributed by atoms with E-state index in [1.165, 1.54) is 5.56 Å². The summed E-state index contributed by atoms with van der Waals surface area (Å²) < 4.78 is 12.7. The Morgan fingerprint density at radius 2 is 1.71 bits per heavy atom. The van der Waals surface area contributed by atoms with Gasteiger partial charge < -0.3 is 14.8 Å². The number of nitrogens with one attached hydrogen (secondary N) is 1. The van der Waals surface area contributed by atoms with Crippen LogP contribution >= 0.6 is 27.5 Å². The van der Waals surface area contributed by atoms with E-state index in [4.69, 9.17) is 21.1 Å². The van der Waals surface area contributed by atoms with Crippen LogP contribution in [0.2, 0.25) is 5.02 Å². The van der Waals surface area contributed by atoms with Crippen LogP contribution in [-0.2, 0) is 19.6 Å². The monoisotopic (exact) mass is 459 g/mol. The highest BCUT2D eigenvalue weighted by Crippen LogP contribution is 2.37. The number of hydrogen-bond acceptors (Lipinski definition) is 3. The molecule has 0 radical (unpaired) electrons. The molecular formula is C23H23BrClNO2. The molecule has 0 bridgehead atoms. The van der Waals surface area contributed by atoms with E-state index in [0.29, 0.717) is 23.9 Å². The Morgan fingerprint density at radius 3 is 2.46 bits per heavy atom. The summed E-state index contributed by atoms with van der Waals surface area (Å²) in [4.78, 5) is 0. The summed E-state index contributed by atoms with van der Waals surface area (Å²) in [7, 11) is 1.65. The van der Waals surface area contributed by atoms with Crippen LogP contribution in [0.25, 0.3) is 0 Å². The molecule has 28 heavy (non-hydrogen) atoms. The fourth-order valence-electron chi connectivity index (χ4n) is 2.92. The number of hydrogen-bond donors (Lipinski definition) is 1. The second kappa shape index (κ2) is 10.5. The second-order valence-corrected chi connectivity index (χ2v) is 7.61. The zero-order valence-corrected chi connectivity index (χ0v) is 18.1. The van der Waals surface area contributed by atoms with E-state index in [9.17, 15) is 0 Å². The minimum Gasteiger partial charge on any atom is -0.493 e. The first-order chi connectivity index (χ1) is 13.7. The fourth-order valence-corrected chi connectivity index (χ4v) is 3.56.